The Bertz CT molecular complexity index is 1160. The molecule has 13 heteroatoms. The molecule has 174 valence electrons. The minimum Gasteiger partial charge on any atom is -0.306 e. The topological polar surface area (TPSA) is 76.3 Å². The maximum absolute atomic E-state index is 14.6. The maximum atomic E-state index is 14.6. The van der Waals surface area contributed by atoms with Crippen LogP contribution in [-0.2, 0) is 13.2 Å². The van der Waals surface area contributed by atoms with Crippen molar-refractivity contribution < 1.29 is 22.4 Å². The highest BCUT2D eigenvalue weighted by molar-refractivity contribution is 7.98. The molecule has 2 heterocycles. The lowest BCUT2D eigenvalue weighted by Gasteiger charge is -2.28. The van der Waals surface area contributed by atoms with Gasteiger partial charge in [-0.05, 0) is 57.1 Å². The number of carbonyl (C=O) groups is 1. The molecule has 0 spiro atoms. The zero-order chi connectivity index (χ0) is 23.8. The number of benzene rings is 1. The third kappa shape index (κ3) is 5.02. The third-order valence-electron chi connectivity index (χ3n) is 5.12. The second-order valence-corrected chi connectivity index (χ2v) is 8.89. The van der Waals surface area contributed by atoms with Gasteiger partial charge in [-0.2, -0.15) is 13.2 Å². The molecular weight excluding hydrogens is 476 g/mol. The molecule has 1 amide bonds. The summed E-state index contributed by atoms with van der Waals surface area (Å²) in [5.74, 6) is -1.83. The van der Waals surface area contributed by atoms with Crippen LogP contribution in [0.4, 0.5) is 17.6 Å². The highest BCUT2D eigenvalue weighted by Gasteiger charge is 2.35. The molecule has 0 bridgehead atoms. The van der Waals surface area contributed by atoms with Crippen molar-refractivity contribution in [3.63, 3.8) is 0 Å². The van der Waals surface area contributed by atoms with Gasteiger partial charge in [-0.15, -0.1) is 0 Å². The largest absolute Gasteiger partial charge is 0.431 e. The molecule has 7 nitrogen and oxygen atoms in total. The number of aromatic nitrogens is 2. The molecule has 32 heavy (non-hydrogen) atoms. The minimum atomic E-state index is -4.96. The minimum absolute atomic E-state index is 0.165. The van der Waals surface area contributed by atoms with Gasteiger partial charge in [0.1, 0.15) is 11.5 Å². The number of nitrogens with one attached hydrogen (secondary N) is 1. The SMILES string of the molecule is CN1CCC(SNC(=O)c2cc(-n3c(=O)cc(C(F)(F)F)n(C)c3=O)c(F)cc2Cl)CC1. The standard InChI is InChI=1S/C19H19ClF4N4O3S/c1-26-5-3-10(4-6-26)32-25-17(30)11-7-14(13(21)8-12(11)20)28-16(29)9-15(19(22,23)24)27(2)18(28)31/h7-10H,3-6H2,1-2H3,(H,25,30). The first kappa shape index (κ1) is 24.3. The first-order valence-electron chi connectivity index (χ1n) is 9.44. The van der Waals surface area contributed by atoms with Crippen LogP contribution >= 0.6 is 23.5 Å². The van der Waals surface area contributed by atoms with Crippen LogP contribution in [0.5, 0.6) is 0 Å². The number of carbonyl (C=O) groups excluding carboxylic acids is 1. The Hall–Kier alpha value is -2.31. The summed E-state index contributed by atoms with van der Waals surface area (Å²) < 4.78 is 56.7. The first-order valence-corrected chi connectivity index (χ1v) is 10.7. The van der Waals surface area contributed by atoms with E-state index in [1.165, 1.54) is 11.9 Å². The van der Waals surface area contributed by atoms with E-state index in [0.717, 1.165) is 45.1 Å². The fraction of sp³-hybridized carbons (Fsp3) is 0.421. The van der Waals surface area contributed by atoms with Crippen molar-refractivity contribution in [1.82, 2.24) is 18.8 Å². The molecule has 0 saturated carbocycles. The van der Waals surface area contributed by atoms with Crippen LogP contribution in [0.25, 0.3) is 5.69 Å². The van der Waals surface area contributed by atoms with Crippen LogP contribution in [0.3, 0.4) is 0 Å². The Balaban J connectivity index is 1.96. The number of rotatable bonds is 4. The van der Waals surface area contributed by atoms with Crippen molar-refractivity contribution in [1.29, 1.82) is 0 Å². The highest BCUT2D eigenvalue weighted by atomic mass is 35.5. The Kier molecular flexibility index (Phi) is 7.06. The Morgan fingerprint density at radius 1 is 1.16 bits per heavy atom. The van der Waals surface area contributed by atoms with Gasteiger partial charge < -0.3 is 4.90 Å². The molecule has 0 unspecified atom stereocenters. The number of hydrogen-bond donors (Lipinski definition) is 1. The summed E-state index contributed by atoms with van der Waals surface area (Å²) in [7, 11) is 2.80. The van der Waals surface area contributed by atoms with Crippen molar-refractivity contribution in [2.24, 2.45) is 7.05 Å². The second-order valence-electron chi connectivity index (χ2n) is 7.38. The lowest BCUT2D eigenvalue weighted by atomic mass is 10.1. The molecule has 1 aliphatic rings. The van der Waals surface area contributed by atoms with Gasteiger partial charge in [0, 0.05) is 18.4 Å². The summed E-state index contributed by atoms with van der Waals surface area (Å²) in [4.78, 5) is 39.5. The van der Waals surface area contributed by atoms with Crippen LogP contribution in [0.15, 0.2) is 27.8 Å². The van der Waals surface area contributed by atoms with Crippen LogP contribution in [-0.4, -0.2) is 45.3 Å². The molecule has 0 atom stereocenters. The second kappa shape index (κ2) is 9.28. The van der Waals surface area contributed by atoms with E-state index in [-0.39, 0.29) is 31.0 Å². The molecule has 1 aromatic carbocycles. The molecule has 0 aliphatic carbocycles. The summed E-state index contributed by atoms with van der Waals surface area (Å²) in [6.45, 7) is 1.74. The fourth-order valence-electron chi connectivity index (χ4n) is 3.30. The number of hydrogen-bond acceptors (Lipinski definition) is 5. The number of amides is 1. The van der Waals surface area contributed by atoms with Crippen molar-refractivity contribution >= 4 is 29.5 Å². The lowest BCUT2D eigenvalue weighted by molar-refractivity contribution is -0.144. The summed E-state index contributed by atoms with van der Waals surface area (Å²) >= 11 is 7.18. The normalized spacial score (nSPS) is 15.7. The van der Waals surface area contributed by atoms with Crippen LogP contribution in [0.1, 0.15) is 28.9 Å². The van der Waals surface area contributed by atoms with Crippen LogP contribution in [0, 0.1) is 5.82 Å². The van der Waals surface area contributed by atoms with E-state index in [1.54, 1.807) is 0 Å². The van der Waals surface area contributed by atoms with E-state index in [1.807, 2.05) is 7.05 Å². The molecule has 1 N–H and O–H groups in total. The van der Waals surface area contributed by atoms with E-state index in [4.69, 9.17) is 11.6 Å². The number of halogens is 5. The van der Waals surface area contributed by atoms with E-state index >= 15 is 0 Å². The summed E-state index contributed by atoms with van der Waals surface area (Å²) in [6.07, 6.45) is -3.26. The number of nitrogens with zero attached hydrogens (tertiary/aromatic N) is 3. The third-order valence-corrected chi connectivity index (χ3v) is 6.54. The molecule has 1 saturated heterocycles. The smallest absolute Gasteiger partial charge is 0.306 e. The van der Waals surface area contributed by atoms with Crippen molar-refractivity contribution in [3.8, 4) is 5.69 Å². The van der Waals surface area contributed by atoms with E-state index in [9.17, 15) is 31.9 Å². The summed E-state index contributed by atoms with van der Waals surface area (Å²) in [5.41, 5.74) is -5.20. The molecular formula is C19H19ClF4N4O3S. The fourth-order valence-corrected chi connectivity index (χ4v) is 4.36. The Labute approximate surface area is 189 Å². The maximum Gasteiger partial charge on any atom is 0.431 e. The first-order chi connectivity index (χ1) is 14.9. The zero-order valence-corrected chi connectivity index (χ0v) is 18.6. The van der Waals surface area contributed by atoms with E-state index in [0.29, 0.717) is 0 Å². The van der Waals surface area contributed by atoms with Gasteiger partial charge in [0.2, 0.25) is 0 Å². The predicted molar refractivity (Wildman–Crippen MR) is 113 cm³/mol. The monoisotopic (exact) mass is 494 g/mol. The van der Waals surface area contributed by atoms with Crippen molar-refractivity contribution in [2.75, 3.05) is 20.1 Å². The molecule has 1 fully saturated rings. The molecule has 3 rings (SSSR count). The average molecular weight is 495 g/mol. The zero-order valence-electron chi connectivity index (χ0n) is 17.0. The highest BCUT2D eigenvalue weighted by Crippen LogP contribution is 2.28. The molecule has 1 aliphatic heterocycles. The van der Waals surface area contributed by atoms with E-state index in [2.05, 4.69) is 9.62 Å². The average Bonchev–Trinajstić information content (AvgIpc) is 2.70. The predicted octanol–water partition coefficient (Wildman–Crippen LogP) is 2.82. The van der Waals surface area contributed by atoms with Gasteiger partial charge in [0.15, 0.2) is 0 Å². The number of piperidine rings is 1. The van der Waals surface area contributed by atoms with Gasteiger partial charge in [0.05, 0.1) is 16.3 Å². The molecule has 1 aromatic heterocycles. The summed E-state index contributed by atoms with van der Waals surface area (Å²) in [6, 6.07) is 1.79. The molecule has 2 aromatic rings. The van der Waals surface area contributed by atoms with Gasteiger partial charge in [0.25, 0.3) is 11.5 Å². The van der Waals surface area contributed by atoms with Gasteiger partial charge in [-0.25, -0.2) is 13.8 Å². The van der Waals surface area contributed by atoms with Crippen molar-refractivity contribution in [3.05, 3.63) is 61.1 Å². The van der Waals surface area contributed by atoms with E-state index < -0.39 is 40.5 Å². The summed E-state index contributed by atoms with van der Waals surface area (Å²) in [5, 5.41) is -0.108. The van der Waals surface area contributed by atoms with Crippen molar-refractivity contribution in [2.45, 2.75) is 24.3 Å². The van der Waals surface area contributed by atoms with Crippen LogP contribution in [0.2, 0.25) is 5.02 Å². The Morgan fingerprint density at radius 3 is 2.38 bits per heavy atom. The van der Waals surface area contributed by atoms with Crippen LogP contribution < -0.4 is 16.0 Å². The lowest BCUT2D eigenvalue weighted by Crippen LogP contribution is -2.41. The van der Waals surface area contributed by atoms with Gasteiger partial charge in [-0.3, -0.25) is 18.9 Å². The number of alkyl halides is 3. The number of likely N-dealkylation sites (tertiary alicyclic amines) is 1. The quantitative estimate of drug-likeness (QED) is 0.522. The van der Waals surface area contributed by atoms with Gasteiger partial charge >= 0.3 is 11.9 Å². The molecule has 0 radical (unpaired) electrons. The Morgan fingerprint density at radius 2 is 1.78 bits per heavy atom. The van der Waals surface area contributed by atoms with Gasteiger partial charge in [-0.1, -0.05) is 11.6 Å².